The Kier molecular flexibility index (Phi) is 8.04. The second kappa shape index (κ2) is 10.5. The lowest BCUT2D eigenvalue weighted by Gasteiger charge is -2.26. The first-order valence-corrected chi connectivity index (χ1v) is 9.70. The van der Waals surface area contributed by atoms with Crippen molar-refractivity contribution >= 4 is 17.9 Å². The molecule has 29 heavy (non-hydrogen) atoms. The molecule has 0 aliphatic heterocycles. The molecule has 0 unspecified atom stereocenters. The van der Waals surface area contributed by atoms with Crippen LogP contribution in [-0.2, 0) is 4.79 Å². The fourth-order valence-electron chi connectivity index (χ4n) is 3.16. The molecule has 0 spiro atoms. The molecule has 1 aromatic rings. The number of nitrogens with two attached hydrogens (primary N) is 1. The van der Waals surface area contributed by atoms with E-state index in [0.717, 1.165) is 19.3 Å². The minimum atomic E-state index is -1.40. The average Bonchev–Trinajstić information content (AvgIpc) is 2.69. The van der Waals surface area contributed by atoms with Crippen molar-refractivity contribution in [3.63, 3.8) is 0 Å². The Morgan fingerprint density at radius 3 is 2.41 bits per heavy atom. The van der Waals surface area contributed by atoms with Gasteiger partial charge in [0, 0.05) is 17.7 Å². The molecule has 8 nitrogen and oxygen atoms in total. The normalized spacial score (nSPS) is 16.0. The summed E-state index contributed by atoms with van der Waals surface area (Å²) in [5, 5.41) is 26.4. The molecule has 0 saturated heterocycles. The van der Waals surface area contributed by atoms with Crippen LogP contribution < -0.4 is 21.5 Å². The fraction of sp³-hybridized carbons (Fsp3) is 0.476. The molecule has 1 fully saturated rings. The first kappa shape index (κ1) is 22.2. The number of primary amides is 1. The fourth-order valence-corrected chi connectivity index (χ4v) is 3.16. The largest absolute Gasteiger partial charge is 0.548 e. The highest BCUT2D eigenvalue weighted by Gasteiger charge is 2.26. The lowest BCUT2D eigenvalue weighted by molar-refractivity contribution is -0.308. The summed E-state index contributed by atoms with van der Waals surface area (Å²) in [5.41, 5.74) is 4.94. The zero-order valence-electron chi connectivity index (χ0n) is 16.2. The summed E-state index contributed by atoms with van der Waals surface area (Å²) < 4.78 is 0. The number of carbonyl (C=O) groups excluding carboxylic acids is 3. The van der Waals surface area contributed by atoms with Gasteiger partial charge in [0.1, 0.15) is 5.60 Å². The smallest absolute Gasteiger partial charge is 0.312 e. The van der Waals surface area contributed by atoms with Crippen molar-refractivity contribution in [2.24, 2.45) is 5.73 Å². The van der Waals surface area contributed by atoms with Crippen LogP contribution in [-0.4, -0.2) is 41.2 Å². The van der Waals surface area contributed by atoms with Crippen LogP contribution in [0.25, 0.3) is 0 Å². The number of hydrogen-bond acceptors (Lipinski definition) is 5. The monoisotopic (exact) mass is 400 g/mol. The van der Waals surface area contributed by atoms with Gasteiger partial charge in [-0.25, -0.2) is 4.79 Å². The van der Waals surface area contributed by atoms with E-state index >= 15 is 0 Å². The standard InChI is InChI=1S/C21H27N3O5/c22-20(28)23-14-4-5-17(19(26)27)24-18(25)16-8-6-15(7-9-16)10-13-21(29)11-2-1-3-12-21/h6-9,17,29H,1-5,11-12,14H2,(H,24,25)(H,26,27)(H3,22,23,28)/p-1/t17-/m0/s1. The summed E-state index contributed by atoms with van der Waals surface area (Å²) >= 11 is 0. The summed E-state index contributed by atoms with van der Waals surface area (Å²) in [6.07, 6.45) is 4.78. The quantitative estimate of drug-likeness (QED) is 0.377. The predicted octanol–water partition coefficient (Wildman–Crippen LogP) is 0.0301. The molecule has 3 amide bonds. The Labute approximate surface area is 169 Å². The van der Waals surface area contributed by atoms with Crippen LogP contribution in [0.2, 0.25) is 0 Å². The molecule has 0 heterocycles. The van der Waals surface area contributed by atoms with Crippen molar-refractivity contribution in [3.05, 3.63) is 35.4 Å². The third kappa shape index (κ3) is 7.47. The first-order valence-electron chi connectivity index (χ1n) is 9.70. The summed E-state index contributed by atoms with van der Waals surface area (Å²) in [7, 11) is 0. The second-order valence-corrected chi connectivity index (χ2v) is 7.20. The maximum Gasteiger partial charge on any atom is 0.312 e. The first-order chi connectivity index (χ1) is 13.8. The molecule has 1 aliphatic rings. The Hall–Kier alpha value is -3.05. The Morgan fingerprint density at radius 1 is 1.17 bits per heavy atom. The van der Waals surface area contributed by atoms with Gasteiger partial charge in [-0.15, -0.1) is 0 Å². The Morgan fingerprint density at radius 2 is 1.83 bits per heavy atom. The van der Waals surface area contributed by atoms with Gasteiger partial charge in [0.15, 0.2) is 0 Å². The van der Waals surface area contributed by atoms with Crippen LogP contribution in [0.5, 0.6) is 0 Å². The number of amides is 3. The number of carboxylic acid groups (broad SMARTS) is 1. The van der Waals surface area contributed by atoms with E-state index in [4.69, 9.17) is 5.73 Å². The van der Waals surface area contributed by atoms with E-state index < -0.39 is 29.6 Å². The molecule has 5 N–H and O–H groups in total. The minimum Gasteiger partial charge on any atom is -0.548 e. The van der Waals surface area contributed by atoms with Gasteiger partial charge in [-0.1, -0.05) is 18.3 Å². The number of carbonyl (C=O) groups is 3. The van der Waals surface area contributed by atoms with Crippen LogP contribution in [0, 0.1) is 11.8 Å². The van der Waals surface area contributed by atoms with Crippen molar-refractivity contribution in [1.82, 2.24) is 10.6 Å². The third-order valence-corrected chi connectivity index (χ3v) is 4.83. The molecule has 0 aromatic heterocycles. The molecule has 0 radical (unpaired) electrons. The maximum absolute atomic E-state index is 12.3. The highest BCUT2D eigenvalue weighted by Crippen LogP contribution is 2.27. The predicted molar refractivity (Wildman–Crippen MR) is 104 cm³/mol. The Balaban J connectivity index is 1.93. The van der Waals surface area contributed by atoms with Gasteiger partial charge in [-0.3, -0.25) is 4.79 Å². The molecule has 1 atom stereocenters. The topological polar surface area (TPSA) is 145 Å². The molecule has 8 heteroatoms. The summed E-state index contributed by atoms with van der Waals surface area (Å²) in [4.78, 5) is 34.1. The number of urea groups is 1. The molecular weight excluding hydrogens is 374 g/mol. The number of rotatable bonds is 7. The number of aliphatic carboxylic acids is 1. The highest BCUT2D eigenvalue weighted by atomic mass is 16.4. The van der Waals surface area contributed by atoms with Crippen LogP contribution >= 0.6 is 0 Å². The van der Waals surface area contributed by atoms with Crippen molar-refractivity contribution in [2.75, 3.05) is 6.54 Å². The Bertz CT molecular complexity index is 789. The van der Waals surface area contributed by atoms with Crippen LogP contribution in [0.1, 0.15) is 60.9 Å². The molecule has 1 aliphatic carbocycles. The van der Waals surface area contributed by atoms with Gasteiger partial charge >= 0.3 is 6.03 Å². The van der Waals surface area contributed by atoms with E-state index in [1.165, 1.54) is 0 Å². The van der Waals surface area contributed by atoms with Gasteiger partial charge in [-0.05, 0) is 62.8 Å². The number of aliphatic hydroxyl groups is 1. The summed E-state index contributed by atoms with van der Waals surface area (Å²) in [5.74, 6) is 3.92. The van der Waals surface area contributed by atoms with Crippen LogP contribution in [0.15, 0.2) is 24.3 Å². The van der Waals surface area contributed by atoms with Gasteiger partial charge in [-0.2, -0.15) is 0 Å². The number of benzene rings is 1. The lowest BCUT2D eigenvalue weighted by Crippen LogP contribution is -2.48. The molecule has 1 aromatic carbocycles. The molecular formula is C21H26N3O5-. The number of nitrogens with one attached hydrogen (secondary N) is 2. The molecule has 0 bridgehead atoms. The van der Waals surface area contributed by atoms with Gasteiger partial charge in [0.05, 0.1) is 12.0 Å². The van der Waals surface area contributed by atoms with Crippen molar-refractivity contribution in [1.29, 1.82) is 0 Å². The summed E-state index contributed by atoms with van der Waals surface area (Å²) in [6, 6.07) is 4.52. The maximum atomic E-state index is 12.3. The van der Waals surface area contributed by atoms with Crippen molar-refractivity contribution in [2.45, 2.75) is 56.6 Å². The molecule has 1 saturated carbocycles. The van der Waals surface area contributed by atoms with E-state index in [-0.39, 0.29) is 18.5 Å². The third-order valence-electron chi connectivity index (χ3n) is 4.83. The van der Waals surface area contributed by atoms with E-state index in [1.807, 2.05) is 0 Å². The van der Waals surface area contributed by atoms with Crippen LogP contribution in [0.4, 0.5) is 4.79 Å². The van der Waals surface area contributed by atoms with E-state index in [0.29, 0.717) is 24.8 Å². The van der Waals surface area contributed by atoms with E-state index in [1.54, 1.807) is 24.3 Å². The van der Waals surface area contributed by atoms with E-state index in [2.05, 4.69) is 22.5 Å². The average molecular weight is 400 g/mol. The SMILES string of the molecule is NC(=O)NCCC[C@H](NC(=O)c1ccc(C#CC2(O)CCCCC2)cc1)C(=O)[O-]. The lowest BCUT2D eigenvalue weighted by atomic mass is 9.85. The number of hydrogen-bond donors (Lipinski definition) is 4. The second-order valence-electron chi connectivity index (χ2n) is 7.20. The summed E-state index contributed by atoms with van der Waals surface area (Å²) in [6.45, 7) is 0.203. The zero-order valence-corrected chi connectivity index (χ0v) is 16.2. The van der Waals surface area contributed by atoms with Gasteiger partial charge < -0.3 is 31.4 Å². The molecule has 156 valence electrons. The van der Waals surface area contributed by atoms with E-state index in [9.17, 15) is 24.6 Å². The van der Waals surface area contributed by atoms with Crippen molar-refractivity contribution in [3.8, 4) is 11.8 Å². The van der Waals surface area contributed by atoms with Gasteiger partial charge in [0.2, 0.25) is 0 Å². The minimum absolute atomic E-state index is 0.0937. The molecule has 2 rings (SSSR count). The van der Waals surface area contributed by atoms with Gasteiger partial charge in [0.25, 0.3) is 5.91 Å². The van der Waals surface area contributed by atoms with Crippen molar-refractivity contribution < 1.29 is 24.6 Å². The highest BCUT2D eigenvalue weighted by molar-refractivity contribution is 5.96. The zero-order chi connectivity index (χ0) is 21.3. The number of carboxylic acids is 1. The van der Waals surface area contributed by atoms with Crippen LogP contribution in [0.3, 0.4) is 0 Å².